The number of carbonyl (C=O) groups excluding carboxylic acids is 1. The predicted octanol–water partition coefficient (Wildman–Crippen LogP) is 1.53. The van der Waals surface area contributed by atoms with Gasteiger partial charge in [0.2, 0.25) is 11.8 Å². The average molecular weight is 428 g/mol. The van der Waals surface area contributed by atoms with E-state index in [9.17, 15) is 19.5 Å². The number of aromatic amines is 1. The third-order valence-corrected chi connectivity index (χ3v) is 5.04. The molecule has 1 aliphatic heterocycles. The monoisotopic (exact) mass is 428 g/mol. The van der Waals surface area contributed by atoms with Crippen molar-refractivity contribution in [1.29, 1.82) is 0 Å². The van der Waals surface area contributed by atoms with Crippen molar-refractivity contribution in [3.63, 3.8) is 0 Å². The number of aromatic nitrogens is 2. The summed E-state index contributed by atoms with van der Waals surface area (Å²) < 4.78 is 11.7. The molecule has 0 saturated heterocycles. The molecule has 2 aromatic rings. The number of ether oxygens (including phenoxy) is 2. The van der Waals surface area contributed by atoms with E-state index >= 15 is 0 Å². The zero-order valence-corrected chi connectivity index (χ0v) is 17.5. The van der Waals surface area contributed by atoms with E-state index < -0.39 is 23.2 Å². The highest BCUT2D eigenvalue weighted by atomic mass is 16.5. The number of hydrogen-bond acceptors (Lipinski definition) is 7. The maximum atomic E-state index is 12.7. The van der Waals surface area contributed by atoms with Crippen LogP contribution in [0.15, 0.2) is 45.5 Å². The Morgan fingerprint density at radius 1 is 1.35 bits per heavy atom. The van der Waals surface area contributed by atoms with Crippen molar-refractivity contribution < 1.29 is 19.4 Å². The van der Waals surface area contributed by atoms with Crippen LogP contribution in [-0.2, 0) is 11.3 Å². The topological polar surface area (TPSA) is 126 Å². The Morgan fingerprint density at radius 2 is 2.10 bits per heavy atom. The summed E-state index contributed by atoms with van der Waals surface area (Å²) in [6, 6.07) is 4.59. The molecular weight excluding hydrogens is 404 g/mol. The van der Waals surface area contributed by atoms with Gasteiger partial charge in [-0.3, -0.25) is 19.1 Å². The highest BCUT2D eigenvalue weighted by Gasteiger charge is 2.36. The number of rotatable bonds is 7. The number of H-pyrrole nitrogens is 1. The second-order valence-corrected chi connectivity index (χ2v) is 6.82. The van der Waals surface area contributed by atoms with Crippen molar-refractivity contribution in [2.24, 2.45) is 5.10 Å². The normalized spacial score (nSPS) is 15.5. The largest absolute Gasteiger partial charge is 0.497 e. The molecule has 2 N–H and O–H groups in total. The Hall–Kier alpha value is -3.82. The molecule has 2 heterocycles. The second-order valence-electron chi connectivity index (χ2n) is 6.82. The number of hydrogen-bond donors (Lipinski definition) is 2. The number of methoxy groups -OCH3 is 2. The lowest BCUT2D eigenvalue weighted by Gasteiger charge is -2.23. The van der Waals surface area contributed by atoms with E-state index in [1.54, 1.807) is 25.1 Å². The number of nitrogens with one attached hydrogen (secondary N) is 1. The number of hydrazone groups is 1. The fourth-order valence-corrected chi connectivity index (χ4v) is 3.51. The fraction of sp³-hybridized carbons (Fsp3) is 0.333. The van der Waals surface area contributed by atoms with Gasteiger partial charge in [-0.05, 0) is 18.2 Å². The van der Waals surface area contributed by atoms with Crippen LogP contribution in [0, 0.1) is 0 Å². The van der Waals surface area contributed by atoms with Gasteiger partial charge >= 0.3 is 5.69 Å². The first kappa shape index (κ1) is 21.9. The number of benzene rings is 1. The van der Waals surface area contributed by atoms with Crippen molar-refractivity contribution in [1.82, 2.24) is 14.6 Å². The molecule has 0 aliphatic carbocycles. The Bertz CT molecular complexity index is 1160. The molecule has 1 aliphatic rings. The van der Waals surface area contributed by atoms with Crippen molar-refractivity contribution >= 4 is 11.6 Å². The summed E-state index contributed by atoms with van der Waals surface area (Å²) in [5.41, 5.74) is -0.911. The summed E-state index contributed by atoms with van der Waals surface area (Å²) in [5.74, 6) is 0.272. The summed E-state index contributed by atoms with van der Waals surface area (Å²) in [7, 11) is 3.03. The van der Waals surface area contributed by atoms with Crippen LogP contribution >= 0.6 is 0 Å². The molecule has 0 unspecified atom stereocenters. The van der Waals surface area contributed by atoms with Crippen LogP contribution in [0.1, 0.15) is 36.9 Å². The van der Waals surface area contributed by atoms with Crippen LogP contribution in [-0.4, -0.2) is 45.5 Å². The lowest BCUT2D eigenvalue weighted by atomic mass is 9.98. The minimum absolute atomic E-state index is 0.00747. The minimum Gasteiger partial charge on any atom is -0.497 e. The Kier molecular flexibility index (Phi) is 6.28. The molecule has 31 heavy (non-hydrogen) atoms. The van der Waals surface area contributed by atoms with E-state index in [2.05, 4.69) is 16.7 Å². The van der Waals surface area contributed by atoms with E-state index in [0.29, 0.717) is 17.1 Å². The predicted molar refractivity (Wildman–Crippen MR) is 114 cm³/mol. The van der Waals surface area contributed by atoms with Crippen LogP contribution in [0.3, 0.4) is 0 Å². The molecule has 0 saturated carbocycles. The molecule has 1 aromatic carbocycles. The smallest absolute Gasteiger partial charge is 0.331 e. The van der Waals surface area contributed by atoms with E-state index in [0.717, 1.165) is 4.57 Å². The molecule has 0 bridgehead atoms. The standard InChI is InChI=1S/C21H24N4O6/c1-5-9-24-20(28)18(19(27)22-21(24)29)14-11-15(25(23-14)17(26)6-2)13-10-12(30-3)7-8-16(13)31-4/h5,7-8,10,15,28H,1,6,9,11H2,2-4H3,(H,22,27,29)/t15-/m1/s1. The molecule has 1 atom stereocenters. The van der Waals surface area contributed by atoms with Gasteiger partial charge in [0.1, 0.15) is 17.1 Å². The zero-order chi connectivity index (χ0) is 22.7. The van der Waals surface area contributed by atoms with Gasteiger partial charge in [-0.25, -0.2) is 9.80 Å². The minimum atomic E-state index is -0.788. The van der Waals surface area contributed by atoms with Gasteiger partial charge in [-0.1, -0.05) is 13.0 Å². The Labute approximate surface area is 178 Å². The van der Waals surface area contributed by atoms with Gasteiger partial charge in [-0.15, -0.1) is 6.58 Å². The van der Waals surface area contributed by atoms with Gasteiger partial charge in [0.25, 0.3) is 5.56 Å². The Morgan fingerprint density at radius 3 is 2.71 bits per heavy atom. The van der Waals surface area contributed by atoms with E-state index in [1.165, 1.54) is 25.3 Å². The highest BCUT2D eigenvalue weighted by molar-refractivity contribution is 6.04. The average Bonchev–Trinajstić information content (AvgIpc) is 3.20. The molecule has 0 fully saturated rings. The van der Waals surface area contributed by atoms with Crippen molar-refractivity contribution in [2.75, 3.05) is 14.2 Å². The van der Waals surface area contributed by atoms with E-state index in [4.69, 9.17) is 9.47 Å². The molecule has 3 rings (SSSR count). The summed E-state index contributed by atoms with van der Waals surface area (Å²) in [6.07, 6.45) is 1.71. The number of carbonyl (C=O) groups is 1. The van der Waals surface area contributed by atoms with Gasteiger partial charge in [0.05, 0.1) is 26.0 Å². The number of allylic oxidation sites excluding steroid dienone is 1. The number of aromatic hydroxyl groups is 1. The summed E-state index contributed by atoms with van der Waals surface area (Å²) >= 11 is 0. The van der Waals surface area contributed by atoms with Crippen LogP contribution < -0.4 is 20.7 Å². The lowest BCUT2D eigenvalue weighted by molar-refractivity contribution is -0.132. The molecule has 1 amide bonds. The molecule has 1 aromatic heterocycles. The van der Waals surface area contributed by atoms with Crippen LogP contribution in [0.5, 0.6) is 17.4 Å². The second kappa shape index (κ2) is 8.90. The Balaban J connectivity index is 2.16. The van der Waals surface area contributed by atoms with E-state index in [-0.39, 0.29) is 36.6 Å². The first-order valence-electron chi connectivity index (χ1n) is 9.65. The van der Waals surface area contributed by atoms with Crippen molar-refractivity contribution in [3.05, 3.63) is 62.8 Å². The molecular formula is C21H24N4O6. The molecule has 0 radical (unpaired) electrons. The molecule has 10 nitrogen and oxygen atoms in total. The zero-order valence-electron chi connectivity index (χ0n) is 17.5. The summed E-state index contributed by atoms with van der Waals surface area (Å²) in [4.78, 5) is 39.4. The van der Waals surface area contributed by atoms with Gasteiger partial charge in [-0.2, -0.15) is 5.10 Å². The molecule has 0 spiro atoms. The number of amides is 1. The summed E-state index contributed by atoms with van der Waals surface area (Å²) in [6.45, 7) is 5.24. The summed E-state index contributed by atoms with van der Waals surface area (Å²) in [5, 5.41) is 16.3. The lowest BCUT2D eigenvalue weighted by Crippen LogP contribution is -2.33. The van der Waals surface area contributed by atoms with Crippen LogP contribution in [0.25, 0.3) is 0 Å². The number of nitrogens with zero attached hydrogens (tertiary/aromatic N) is 3. The molecule has 10 heteroatoms. The first-order valence-corrected chi connectivity index (χ1v) is 9.65. The quantitative estimate of drug-likeness (QED) is 0.644. The van der Waals surface area contributed by atoms with Crippen molar-refractivity contribution in [2.45, 2.75) is 32.4 Å². The van der Waals surface area contributed by atoms with E-state index in [1.807, 2.05) is 0 Å². The van der Waals surface area contributed by atoms with Crippen molar-refractivity contribution in [3.8, 4) is 17.4 Å². The third kappa shape index (κ3) is 3.96. The third-order valence-electron chi connectivity index (χ3n) is 5.04. The maximum Gasteiger partial charge on any atom is 0.331 e. The van der Waals surface area contributed by atoms with Crippen LogP contribution in [0.4, 0.5) is 0 Å². The fourth-order valence-electron chi connectivity index (χ4n) is 3.51. The van der Waals surface area contributed by atoms with Gasteiger partial charge in [0, 0.05) is 24.9 Å². The first-order chi connectivity index (χ1) is 14.9. The maximum absolute atomic E-state index is 12.7. The van der Waals surface area contributed by atoms with Gasteiger partial charge < -0.3 is 14.6 Å². The highest BCUT2D eigenvalue weighted by Crippen LogP contribution is 2.39. The van der Waals surface area contributed by atoms with Crippen LogP contribution in [0.2, 0.25) is 0 Å². The van der Waals surface area contributed by atoms with Gasteiger partial charge in [0.15, 0.2) is 0 Å². The molecule has 164 valence electrons. The SMILES string of the molecule is C=CCn1c(O)c(C2=NN(C(=O)CC)[C@@H](c3cc(OC)ccc3OC)C2)c(=O)[nH]c1=O.